The Labute approximate surface area is 125 Å². The molecule has 0 saturated carbocycles. The Kier molecular flexibility index (Phi) is 6.11. The van der Waals surface area contributed by atoms with Crippen molar-refractivity contribution >= 4 is 11.4 Å². The van der Waals surface area contributed by atoms with E-state index >= 15 is 0 Å². The van der Waals surface area contributed by atoms with Gasteiger partial charge in [-0.2, -0.15) is 0 Å². The summed E-state index contributed by atoms with van der Waals surface area (Å²) < 4.78 is 0. The molecule has 0 unspecified atom stereocenters. The predicted molar refractivity (Wildman–Crippen MR) is 84.5 cm³/mol. The molecule has 0 aliphatic carbocycles. The zero-order valence-electron chi connectivity index (χ0n) is 13.2. The Balaban J connectivity index is 2.99. The standard InChI is InChI=1S/C15H25N3O3/c1-5-9-16-14-12(7-6-8-13(14)18(20)21)10-17(4)11-15(2,3)19/h6-8,16,19H,5,9-11H2,1-4H3. The number of hydrogen-bond acceptors (Lipinski definition) is 5. The van der Waals surface area contributed by atoms with Crippen LogP contribution in [0.4, 0.5) is 11.4 Å². The van der Waals surface area contributed by atoms with Gasteiger partial charge in [-0.15, -0.1) is 0 Å². The van der Waals surface area contributed by atoms with Crippen molar-refractivity contribution in [3.63, 3.8) is 0 Å². The average molecular weight is 295 g/mol. The van der Waals surface area contributed by atoms with Crippen molar-refractivity contribution in [3.8, 4) is 0 Å². The number of nitro benzene ring substituents is 1. The molecule has 21 heavy (non-hydrogen) atoms. The van der Waals surface area contributed by atoms with Gasteiger partial charge in [0.05, 0.1) is 10.5 Å². The molecule has 1 aromatic rings. The molecule has 6 nitrogen and oxygen atoms in total. The van der Waals surface area contributed by atoms with Crippen LogP contribution in [0.2, 0.25) is 0 Å². The summed E-state index contributed by atoms with van der Waals surface area (Å²) in [5, 5.41) is 24.2. The van der Waals surface area contributed by atoms with Crippen LogP contribution >= 0.6 is 0 Å². The highest BCUT2D eigenvalue weighted by atomic mass is 16.6. The van der Waals surface area contributed by atoms with Gasteiger partial charge in [0.1, 0.15) is 5.69 Å². The molecule has 0 aliphatic heterocycles. The topological polar surface area (TPSA) is 78.6 Å². The zero-order valence-corrected chi connectivity index (χ0v) is 13.2. The summed E-state index contributed by atoms with van der Waals surface area (Å²) in [5.74, 6) is 0. The summed E-state index contributed by atoms with van der Waals surface area (Å²) >= 11 is 0. The number of hydrogen-bond donors (Lipinski definition) is 2. The lowest BCUT2D eigenvalue weighted by Gasteiger charge is -2.26. The Bertz CT molecular complexity index is 484. The Hall–Kier alpha value is -1.66. The third-order valence-electron chi connectivity index (χ3n) is 2.97. The first kappa shape index (κ1) is 17.4. The fraction of sp³-hybridized carbons (Fsp3) is 0.600. The van der Waals surface area contributed by atoms with Crippen LogP contribution in [0, 0.1) is 10.1 Å². The fourth-order valence-corrected chi connectivity index (χ4v) is 2.33. The summed E-state index contributed by atoms with van der Waals surface area (Å²) in [6, 6.07) is 5.09. The van der Waals surface area contributed by atoms with Crippen LogP contribution in [-0.4, -0.2) is 40.7 Å². The quantitative estimate of drug-likeness (QED) is 0.569. The van der Waals surface area contributed by atoms with E-state index in [4.69, 9.17) is 0 Å². The Morgan fingerprint density at radius 2 is 2.10 bits per heavy atom. The highest BCUT2D eigenvalue weighted by Gasteiger charge is 2.20. The Morgan fingerprint density at radius 3 is 2.62 bits per heavy atom. The molecule has 118 valence electrons. The van der Waals surface area contributed by atoms with Gasteiger partial charge >= 0.3 is 0 Å². The Morgan fingerprint density at radius 1 is 1.43 bits per heavy atom. The van der Waals surface area contributed by atoms with Crippen molar-refractivity contribution in [2.75, 3.05) is 25.5 Å². The summed E-state index contributed by atoms with van der Waals surface area (Å²) in [7, 11) is 1.89. The molecule has 0 fully saturated rings. The van der Waals surface area contributed by atoms with Crippen molar-refractivity contribution in [2.45, 2.75) is 39.3 Å². The number of nitrogens with one attached hydrogen (secondary N) is 1. The van der Waals surface area contributed by atoms with Crippen molar-refractivity contribution in [2.24, 2.45) is 0 Å². The molecule has 0 heterocycles. The molecule has 0 spiro atoms. The molecule has 6 heteroatoms. The predicted octanol–water partition coefficient (Wildman–Crippen LogP) is 2.62. The number of anilines is 1. The maximum atomic E-state index is 11.2. The average Bonchev–Trinajstić information content (AvgIpc) is 2.34. The molecular weight excluding hydrogens is 270 g/mol. The second-order valence-electron chi connectivity index (χ2n) is 5.98. The van der Waals surface area contributed by atoms with E-state index < -0.39 is 5.60 Å². The van der Waals surface area contributed by atoms with Crippen molar-refractivity contribution in [1.82, 2.24) is 4.90 Å². The molecule has 1 rings (SSSR count). The van der Waals surface area contributed by atoms with E-state index in [-0.39, 0.29) is 10.6 Å². The minimum atomic E-state index is -0.799. The molecule has 1 aromatic carbocycles. The lowest BCUT2D eigenvalue weighted by molar-refractivity contribution is -0.384. The van der Waals surface area contributed by atoms with Gasteiger partial charge in [0, 0.05) is 25.7 Å². The maximum Gasteiger partial charge on any atom is 0.292 e. The first-order valence-electron chi connectivity index (χ1n) is 7.15. The van der Waals surface area contributed by atoms with E-state index in [2.05, 4.69) is 5.32 Å². The smallest absolute Gasteiger partial charge is 0.292 e. The van der Waals surface area contributed by atoms with Crippen LogP contribution in [0.5, 0.6) is 0 Å². The SMILES string of the molecule is CCCNc1c(CN(C)CC(C)(C)O)cccc1[N+](=O)[O-]. The normalized spacial score (nSPS) is 11.7. The largest absolute Gasteiger partial charge is 0.389 e. The monoisotopic (exact) mass is 295 g/mol. The highest BCUT2D eigenvalue weighted by Crippen LogP contribution is 2.29. The van der Waals surface area contributed by atoms with E-state index in [1.165, 1.54) is 6.07 Å². The summed E-state index contributed by atoms with van der Waals surface area (Å²) in [6.45, 7) is 7.22. The molecule has 0 aliphatic rings. The zero-order chi connectivity index (χ0) is 16.0. The first-order valence-corrected chi connectivity index (χ1v) is 7.15. The minimum Gasteiger partial charge on any atom is -0.389 e. The van der Waals surface area contributed by atoms with Gasteiger partial charge in [-0.05, 0) is 32.9 Å². The second-order valence-corrected chi connectivity index (χ2v) is 5.98. The third-order valence-corrected chi connectivity index (χ3v) is 2.97. The summed E-state index contributed by atoms with van der Waals surface area (Å²) in [6.07, 6.45) is 0.894. The van der Waals surface area contributed by atoms with E-state index in [1.54, 1.807) is 19.9 Å². The van der Waals surface area contributed by atoms with Gasteiger partial charge in [0.25, 0.3) is 5.69 Å². The van der Waals surface area contributed by atoms with Crippen molar-refractivity contribution in [3.05, 3.63) is 33.9 Å². The van der Waals surface area contributed by atoms with E-state index in [0.717, 1.165) is 12.0 Å². The number of nitro groups is 1. The molecular formula is C15H25N3O3. The maximum absolute atomic E-state index is 11.2. The third kappa shape index (κ3) is 5.69. The molecule has 0 atom stereocenters. The lowest BCUT2D eigenvalue weighted by Crippen LogP contribution is -2.36. The molecule has 0 radical (unpaired) electrons. The van der Waals surface area contributed by atoms with Crippen molar-refractivity contribution in [1.29, 1.82) is 0 Å². The summed E-state index contributed by atoms with van der Waals surface area (Å²) in [4.78, 5) is 12.8. The van der Waals surface area contributed by atoms with Crippen LogP contribution in [0.25, 0.3) is 0 Å². The molecule has 0 saturated heterocycles. The molecule has 2 N–H and O–H groups in total. The van der Waals surface area contributed by atoms with Crippen LogP contribution in [-0.2, 0) is 6.54 Å². The van der Waals surface area contributed by atoms with Gasteiger partial charge in [-0.1, -0.05) is 19.1 Å². The molecule has 0 aromatic heterocycles. The van der Waals surface area contributed by atoms with Gasteiger partial charge in [-0.3, -0.25) is 15.0 Å². The van der Waals surface area contributed by atoms with Gasteiger partial charge in [0.2, 0.25) is 0 Å². The van der Waals surface area contributed by atoms with Gasteiger partial charge in [-0.25, -0.2) is 0 Å². The number of rotatable bonds is 8. The van der Waals surface area contributed by atoms with Crippen molar-refractivity contribution < 1.29 is 10.0 Å². The highest BCUT2D eigenvalue weighted by molar-refractivity contribution is 5.66. The number of aliphatic hydroxyl groups is 1. The van der Waals surface area contributed by atoms with Gasteiger partial charge < -0.3 is 10.4 Å². The van der Waals surface area contributed by atoms with Gasteiger partial charge in [0.15, 0.2) is 0 Å². The molecule has 0 amide bonds. The lowest BCUT2D eigenvalue weighted by atomic mass is 10.1. The number of para-hydroxylation sites is 1. The molecule has 0 bridgehead atoms. The fourth-order valence-electron chi connectivity index (χ4n) is 2.33. The first-order chi connectivity index (χ1) is 9.74. The number of nitrogens with zero attached hydrogens (tertiary/aromatic N) is 2. The number of benzene rings is 1. The van der Waals surface area contributed by atoms with Crippen LogP contribution in [0.1, 0.15) is 32.8 Å². The van der Waals surface area contributed by atoms with E-state index in [0.29, 0.717) is 25.3 Å². The number of likely N-dealkylation sites (N-methyl/N-ethyl adjacent to an activating group) is 1. The van der Waals surface area contributed by atoms with Crippen LogP contribution in [0.15, 0.2) is 18.2 Å². The van der Waals surface area contributed by atoms with E-state index in [9.17, 15) is 15.2 Å². The van der Waals surface area contributed by atoms with Crippen LogP contribution in [0.3, 0.4) is 0 Å². The minimum absolute atomic E-state index is 0.0950. The summed E-state index contributed by atoms with van der Waals surface area (Å²) in [5.41, 5.74) is 0.737. The second kappa shape index (κ2) is 7.38. The van der Waals surface area contributed by atoms with E-state index in [1.807, 2.05) is 24.9 Å². The van der Waals surface area contributed by atoms with Crippen LogP contribution < -0.4 is 5.32 Å².